The Balaban J connectivity index is 2.56. The Morgan fingerprint density at radius 1 is 0.955 bits per heavy atom. The predicted molar refractivity (Wildman–Crippen MR) is 69.1 cm³/mol. The summed E-state index contributed by atoms with van der Waals surface area (Å²) in [6.45, 7) is 0. The molecule has 13 heteroatoms. The van der Waals surface area contributed by atoms with Gasteiger partial charge in [0, 0.05) is 5.69 Å². The molecule has 118 valence electrons. The Kier molecular flexibility index (Phi) is 4.06. The van der Waals surface area contributed by atoms with Gasteiger partial charge in [0.15, 0.2) is 0 Å². The molecule has 0 amide bonds. The fourth-order valence-electron chi connectivity index (χ4n) is 1.41. The number of rotatable bonds is 4. The predicted octanol–water partition coefficient (Wildman–Crippen LogP) is 0.248. The first-order chi connectivity index (χ1) is 10.1. The Labute approximate surface area is 123 Å². The highest BCUT2D eigenvalue weighted by Crippen LogP contribution is 2.23. The van der Waals surface area contributed by atoms with Crippen LogP contribution in [0.4, 0.5) is 16.0 Å². The zero-order chi connectivity index (χ0) is 16.5. The molecule has 0 aliphatic carbocycles. The molecule has 0 radical (unpaired) electrons. The first-order valence-electron chi connectivity index (χ1n) is 5.27. The van der Waals surface area contributed by atoms with Crippen molar-refractivity contribution in [2.45, 2.75) is 9.79 Å². The lowest BCUT2D eigenvalue weighted by molar-refractivity contribution is 0.481. The van der Waals surface area contributed by atoms with Crippen molar-refractivity contribution in [2.75, 3.05) is 5.32 Å². The van der Waals surface area contributed by atoms with Crippen molar-refractivity contribution in [3.63, 3.8) is 0 Å². The first-order valence-corrected chi connectivity index (χ1v) is 8.15. The molecule has 0 saturated heterocycles. The van der Waals surface area contributed by atoms with Crippen LogP contribution >= 0.6 is 0 Å². The van der Waals surface area contributed by atoms with Gasteiger partial charge in [-0.25, -0.2) is 4.98 Å². The number of aromatic nitrogens is 3. The van der Waals surface area contributed by atoms with Crippen LogP contribution in [0.5, 0.6) is 0 Å². The fourth-order valence-corrected chi connectivity index (χ4v) is 2.59. The van der Waals surface area contributed by atoms with Crippen molar-refractivity contribution in [1.29, 1.82) is 0 Å². The molecule has 0 fully saturated rings. The summed E-state index contributed by atoms with van der Waals surface area (Å²) in [4.78, 5) is 8.23. The number of hydrogen-bond acceptors (Lipinski definition) is 8. The third-order valence-corrected chi connectivity index (χ3v) is 3.94. The number of halogens is 1. The lowest BCUT2D eigenvalue weighted by atomic mass is 10.3. The van der Waals surface area contributed by atoms with Crippen molar-refractivity contribution in [3.8, 4) is 0 Å². The minimum Gasteiger partial charge on any atom is -0.324 e. The zero-order valence-corrected chi connectivity index (χ0v) is 12.0. The number of benzene rings is 1. The number of nitrogens with one attached hydrogen (secondary N) is 1. The van der Waals surface area contributed by atoms with Crippen LogP contribution in [-0.4, -0.2) is 40.9 Å². The van der Waals surface area contributed by atoms with E-state index in [-0.39, 0.29) is 11.6 Å². The van der Waals surface area contributed by atoms with E-state index in [0.717, 1.165) is 18.5 Å². The summed E-state index contributed by atoms with van der Waals surface area (Å²) < 4.78 is 75.3. The quantitative estimate of drug-likeness (QED) is 0.652. The Morgan fingerprint density at radius 2 is 1.50 bits per heavy atom. The topological polar surface area (TPSA) is 159 Å². The Hall–Kier alpha value is -2.22. The van der Waals surface area contributed by atoms with Gasteiger partial charge in [-0.3, -0.25) is 9.11 Å². The second-order valence-electron chi connectivity index (χ2n) is 3.85. The second kappa shape index (κ2) is 5.53. The smallest absolute Gasteiger partial charge is 0.313 e. The van der Waals surface area contributed by atoms with E-state index >= 15 is 0 Å². The van der Waals surface area contributed by atoms with Crippen molar-refractivity contribution >= 4 is 31.9 Å². The Morgan fingerprint density at radius 3 is 1.95 bits per heavy atom. The summed E-state index contributed by atoms with van der Waals surface area (Å²) >= 11 is 0. The van der Waals surface area contributed by atoms with E-state index in [4.69, 9.17) is 9.11 Å². The van der Waals surface area contributed by atoms with Crippen molar-refractivity contribution in [1.82, 2.24) is 15.0 Å². The number of hydrogen-bond donors (Lipinski definition) is 3. The monoisotopic (exact) mass is 350 g/mol. The van der Waals surface area contributed by atoms with E-state index in [2.05, 4.69) is 20.3 Å². The molecule has 0 spiro atoms. The molecule has 0 atom stereocenters. The minimum atomic E-state index is -4.75. The average Bonchev–Trinajstić information content (AvgIpc) is 2.36. The summed E-state index contributed by atoms with van der Waals surface area (Å²) in [7, 11) is -9.50. The van der Waals surface area contributed by atoms with Gasteiger partial charge >= 0.3 is 6.08 Å². The van der Waals surface area contributed by atoms with Gasteiger partial charge in [0.2, 0.25) is 5.95 Å². The van der Waals surface area contributed by atoms with Gasteiger partial charge in [-0.15, -0.1) is 0 Å². The van der Waals surface area contributed by atoms with Gasteiger partial charge in [0.25, 0.3) is 20.2 Å². The molecule has 0 saturated carbocycles. The van der Waals surface area contributed by atoms with Gasteiger partial charge in [0.1, 0.15) is 6.33 Å². The summed E-state index contributed by atoms with van der Waals surface area (Å²) in [5.41, 5.74) is -0.228. The SMILES string of the molecule is O=S(=O)(O)c1cc(Nc2ncnc(F)n2)cc(S(=O)(=O)O)c1. The van der Waals surface area contributed by atoms with Crippen LogP contribution in [0.15, 0.2) is 34.3 Å². The summed E-state index contributed by atoms with van der Waals surface area (Å²) in [5.74, 6) is -0.346. The van der Waals surface area contributed by atoms with Crippen LogP contribution in [0.1, 0.15) is 0 Å². The van der Waals surface area contributed by atoms with Crippen LogP contribution in [-0.2, 0) is 20.2 Å². The van der Waals surface area contributed by atoms with Crippen molar-refractivity contribution in [3.05, 3.63) is 30.6 Å². The van der Waals surface area contributed by atoms with Gasteiger partial charge in [-0.2, -0.15) is 31.2 Å². The maximum Gasteiger partial charge on any atom is 0.313 e. The molecule has 2 aromatic rings. The normalized spacial score (nSPS) is 12.1. The van der Waals surface area contributed by atoms with Crippen LogP contribution in [0.25, 0.3) is 0 Å². The summed E-state index contributed by atoms with van der Waals surface area (Å²) in [6.07, 6.45) is -0.306. The van der Waals surface area contributed by atoms with Crippen molar-refractivity contribution < 1.29 is 30.3 Å². The lowest BCUT2D eigenvalue weighted by Crippen LogP contribution is -2.06. The lowest BCUT2D eigenvalue weighted by Gasteiger charge is -2.08. The van der Waals surface area contributed by atoms with Crippen LogP contribution < -0.4 is 5.32 Å². The highest BCUT2D eigenvalue weighted by molar-refractivity contribution is 7.86. The van der Waals surface area contributed by atoms with Gasteiger partial charge in [0.05, 0.1) is 9.79 Å². The summed E-state index contributed by atoms with van der Waals surface area (Å²) in [6, 6.07) is 2.22. The molecule has 0 aliphatic rings. The molecule has 3 N–H and O–H groups in total. The van der Waals surface area contributed by atoms with E-state index in [1.165, 1.54) is 0 Å². The third kappa shape index (κ3) is 3.91. The van der Waals surface area contributed by atoms with Gasteiger partial charge in [-0.1, -0.05) is 0 Å². The molecular formula is C9H7FN4O6S2. The minimum absolute atomic E-state index is 0.228. The molecule has 1 aromatic heterocycles. The van der Waals surface area contributed by atoms with E-state index in [0.29, 0.717) is 6.07 Å². The molecule has 10 nitrogen and oxygen atoms in total. The standard InChI is InChI=1S/C9H7FN4O6S2/c10-8-11-4-12-9(14-8)13-5-1-6(21(15,16)17)3-7(2-5)22(18,19)20/h1-4H,(H,15,16,17)(H,18,19,20)(H,11,12,13,14). The maximum absolute atomic E-state index is 12.8. The molecule has 22 heavy (non-hydrogen) atoms. The average molecular weight is 350 g/mol. The van der Waals surface area contributed by atoms with E-state index in [1.54, 1.807) is 0 Å². The molecular weight excluding hydrogens is 343 g/mol. The van der Waals surface area contributed by atoms with Gasteiger partial charge < -0.3 is 5.32 Å². The molecule has 0 aliphatic heterocycles. The fraction of sp³-hybridized carbons (Fsp3) is 0. The van der Waals surface area contributed by atoms with E-state index in [9.17, 15) is 21.2 Å². The molecule has 1 heterocycles. The second-order valence-corrected chi connectivity index (χ2v) is 6.69. The number of nitrogens with zero attached hydrogens (tertiary/aromatic N) is 3. The maximum atomic E-state index is 12.8. The van der Waals surface area contributed by atoms with Crippen LogP contribution in [0, 0.1) is 6.08 Å². The van der Waals surface area contributed by atoms with Crippen LogP contribution in [0.3, 0.4) is 0 Å². The van der Waals surface area contributed by atoms with Crippen molar-refractivity contribution in [2.24, 2.45) is 0 Å². The molecule has 1 aromatic carbocycles. The Bertz CT molecular complexity index is 881. The third-order valence-electron chi connectivity index (χ3n) is 2.27. The highest BCUT2D eigenvalue weighted by Gasteiger charge is 2.18. The molecule has 0 unspecified atom stereocenters. The van der Waals surface area contributed by atoms with E-state index in [1.807, 2.05) is 0 Å². The van der Waals surface area contributed by atoms with Crippen LogP contribution in [0.2, 0.25) is 0 Å². The highest BCUT2D eigenvalue weighted by atomic mass is 32.2. The number of anilines is 2. The molecule has 0 bridgehead atoms. The first kappa shape index (κ1) is 16.2. The molecule has 2 rings (SSSR count). The summed E-state index contributed by atoms with van der Waals surface area (Å²) in [5, 5.41) is 2.32. The zero-order valence-electron chi connectivity index (χ0n) is 10.4. The van der Waals surface area contributed by atoms with E-state index < -0.39 is 36.1 Å². The largest absolute Gasteiger partial charge is 0.324 e. The van der Waals surface area contributed by atoms with Gasteiger partial charge in [-0.05, 0) is 18.2 Å².